The molecule has 7 nitrogen and oxygen atoms in total. The Hall–Kier alpha value is -2.90. The molecule has 1 amide bonds. The zero-order chi connectivity index (χ0) is 24.1. The second kappa shape index (κ2) is 11.0. The van der Waals surface area contributed by atoms with Gasteiger partial charge in [0.2, 0.25) is 5.91 Å². The van der Waals surface area contributed by atoms with Crippen molar-refractivity contribution < 1.29 is 4.79 Å². The van der Waals surface area contributed by atoms with Gasteiger partial charge in [-0.15, -0.1) is 5.10 Å². The molecule has 2 aromatic carbocycles. The third-order valence-electron chi connectivity index (χ3n) is 6.03. The van der Waals surface area contributed by atoms with E-state index in [0.29, 0.717) is 22.2 Å². The number of amides is 1. The number of rotatable bonds is 8. The number of hydrogen-bond acceptors (Lipinski definition) is 4. The molecule has 0 spiro atoms. The summed E-state index contributed by atoms with van der Waals surface area (Å²) < 4.78 is 2.81. The van der Waals surface area contributed by atoms with Gasteiger partial charge in [-0.05, 0) is 82.1 Å². The van der Waals surface area contributed by atoms with E-state index in [2.05, 4.69) is 27.4 Å². The van der Waals surface area contributed by atoms with Crippen LogP contribution in [0.1, 0.15) is 44.5 Å². The van der Waals surface area contributed by atoms with E-state index in [0.717, 1.165) is 13.0 Å². The van der Waals surface area contributed by atoms with Crippen molar-refractivity contribution in [2.24, 2.45) is 0 Å². The van der Waals surface area contributed by atoms with E-state index in [-0.39, 0.29) is 24.1 Å². The van der Waals surface area contributed by atoms with Crippen LogP contribution in [0.2, 0.25) is 5.02 Å². The number of benzene rings is 2. The van der Waals surface area contributed by atoms with E-state index in [1.165, 1.54) is 47.2 Å². The molecule has 3 aromatic rings. The number of halogens is 1. The lowest BCUT2D eigenvalue weighted by Crippen LogP contribution is -2.32. The van der Waals surface area contributed by atoms with Crippen molar-refractivity contribution in [3.05, 3.63) is 75.4 Å². The predicted molar refractivity (Wildman–Crippen MR) is 135 cm³/mol. The summed E-state index contributed by atoms with van der Waals surface area (Å²) in [6.07, 6.45) is 4.87. The topological polar surface area (TPSA) is 72.2 Å². The molecule has 180 valence electrons. The van der Waals surface area contributed by atoms with Crippen LogP contribution in [0.5, 0.6) is 0 Å². The van der Waals surface area contributed by atoms with Crippen molar-refractivity contribution in [3.63, 3.8) is 0 Å². The van der Waals surface area contributed by atoms with Gasteiger partial charge in [-0.1, -0.05) is 36.2 Å². The fourth-order valence-electron chi connectivity index (χ4n) is 4.36. The number of likely N-dealkylation sites (tertiary alicyclic amines) is 1. The van der Waals surface area contributed by atoms with Crippen LogP contribution < -0.4 is 11.0 Å². The quantitative estimate of drug-likeness (QED) is 0.531. The van der Waals surface area contributed by atoms with Crippen LogP contribution >= 0.6 is 11.6 Å². The summed E-state index contributed by atoms with van der Waals surface area (Å²) in [5.74, 6) is 0.170. The first-order valence-electron chi connectivity index (χ1n) is 12.0. The Kier molecular flexibility index (Phi) is 7.85. The highest BCUT2D eigenvalue weighted by molar-refractivity contribution is 6.30. The van der Waals surface area contributed by atoms with Crippen LogP contribution in [0.4, 0.5) is 0 Å². The highest BCUT2D eigenvalue weighted by atomic mass is 35.5. The van der Waals surface area contributed by atoms with Crippen molar-refractivity contribution in [1.29, 1.82) is 0 Å². The maximum atomic E-state index is 13.4. The minimum absolute atomic E-state index is 0.00147. The third-order valence-corrected chi connectivity index (χ3v) is 6.26. The highest BCUT2D eigenvalue weighted by Gasteiger charge is 2.19. The second-order valence-corrected chi connectivity index (χ2v) is 9.58. The molecule has 1 N–H and O–H groups in total. The van der Waals surface area contributed by atoms with E-state index >= 15 is 0 Å². The van der Waals surface area contributed by atoms with Crippen molar-refractivity contribution in [2.45, 2.75) is 52.0 Å². The maximum Gasteiger partial charge on any atom is 0.355 e. The van der Waals surface area contributed by atoms with Gasteiger partial charge in [0, 0.05) is 17.6 Å². The average molecular weight is 482 g/mol. The van der Waals surface area contributed by atoms with E-state index in [4.69, 9.17) is 11.6 Å². The second-order valence-electron chi connectivity index (χ2n) is 9.14. The van der Waals surface area contributed by atoms with E-state index in [1.54, 1.807) is 24.3 Å². The number of piperidine rings is 1. The number of nitrogens with zero attached hydrogens (tertiary/aromatic N) is 4. The lowest BCUT2D eigenvalue weighted by atomic mass is 10.1. The molecule has 1 aliphatic rings. The lowest BCUT2D eigenvalue weighted by Gasteiger charge is -2.26. The van der Waals surface area contributed by atoms with E-state index in [9.17, 15) is 9.59 Å². The molecule has 8 heteroatoms. The summed E-state index contributed by atoms with van der Waals surface area (Å²) in [4.78, 5) is 28.4. The standard InChI is InChI=1S/C26H32ClN5O2/c1-19(2)28-25(33)18-24-29-32(26(34)31(24)23-8-6-7-21(27)17-23)22-11-9-20(10-12-22)13-16-30-14-4-3-5-15-30/h6-12,17,19H,3-5,13-16,18H2,1-2H3,(H,28,33). The first-order valence-corrected chi connectivity index (χ1v) is 12.4. The highest BCUT2D eigenvalue weighted by Crippen LogP contribution is 2.17. The minimum atomic E-state index is -0.337. The first-order chi connectivity index (χ1) is 16.4. The molecule has 1 aliphatic heterocycles. The number of aromatic nitrogens is 3. The summed E-state index contributed by atoms with van der Waals surface area (Å²) >= 11 is 6.18. The number of hydrogen-bond donors (Lipinski definition) is 1. The van der Waals surface area contributed by atoms with Crippen LogP contribution in [0.25, 0.3) is 11.4 Å². The smallest absolute Gasteiger partial charge is 0.354 e. The summed E-state index contributed by atoms with van der Waals surface area (Å²) in [6, 6.07) is 14.9. The minimum Gasteiger partial charge on any atom is -0.354 e. The summed E-state index contributed by atoms with van der Waals surface area (Å²) in [6.45, 7) is 7.21. The van der Waals surface area contributed by atoms with Crippen LogP contribution in [0.3, 0.4) is 0 Å². The molecule has 0 radical (unpaired) electrons. The number of carbonyl (C=O) groups excluding carboxylic acids is 1. The average Bonchev–Trinajstić information content (AvgIpc) is 3.13. The van der Waals surface area contributed by atoms with Gasteiger partial charge >= 0.3 is 5.69 Å². The normalized spacial score (nSPS) is 14.5. The van der Waals surface area contributed by atoms with Crippen molar-refractivity contribution in [1.82, 2.24) is 24.6 Å². The van der Waals surface area contributed by atoms with Crippen LogP contribution in [0.15, 0.2) is 53.3 Å². The van der Waals surface area contributed by atoms with Gasteiger partial charge in [0.15, 0.2) is 0 Å². The van der Waals surface area contributed by atoms with Gasteiger partial charge in [-0.25, -0.2) is 9.36 Å². The molecule has 0 aliphatic carbocycles. The maximum absolute atomic E-state index is 13.4. The van der Waals surface area contributed by atoms with Gasteiger partial charge in [-0.3, -0.25) is 4.79 Å². The Balaban J connectivity index is 1.60. The third kappa shape index (κ3) is 5.96. The molecule has 0 bridgehead atoms. The summed E-state index contributed by atoms with van der Waals surface area (Å²) in [7, 11) is 0. The zero-order valence-electron chi connectivity index (χ0n) is 19.8. The number of nitrogens with one attached hydrogen (secondary N) is 1. The van der Waals surface area contributed by atoms with Crippen LogP contribution in [-0.4, -0.2) is 50.8 Å². The number of carbonyl (C=O) groups is 1. The molecule has 2 heterocycles. The summed E-state index contributed by atoms with van der Waals surface area (Å²) in [5.41, 5.74) is 2.14. The Labute approximate surface area is 205 Å². The Bertz CT molecular complexity index is 1180. The molecular formula is C26H32ClN5O2. The zero-order valence-corrected chi connectivity index (χ0v) is 20.6. The molecule has 0 saturated carbocycles. The lowest BCUT2D eigenvalue weighted by molar-refractivity contribution is -0.121. The molecule has 1 fully saturated rings. The Morgan fingerprint density at radius 2 is 1.79 bits per heavy atom. The van der Waals surface area contributed by atoms with Gasteiger partial charge in [0.05, 0.1) is 17.8 Å². The van der Waals surface area contributed by atoms with Crippen molar-refractivity contribution in [2.75, 3.05) is 19.6 Å². The summed E-state index contributed by atoms with van der Waals surface area (Å²) in [5, 5.41) is 7.91. The van der Waals surface area contributed by atoms with E-state index < -0.39 is 0 Å². The molecule has 1 saturated heterocycles. The molecule has 0 unspecified atom stereocenters. The monoisotopic (exact) mass is 481 g/mol. The molecule has 34 heavy (non-hydrogen) atoms. The van der Waals surface area contributed by atoms with Crippen LogP contribution in [-0.2, 0) is 17.6 Å². The molecule has 1 aromatic heterocycles. The van der Waals surface area contributed by atoms with Gasteiger partial charge in [0.1, 0.15) is 5.82 Å². The largest absolute Gasteiger partial charge is 0.355 e. The Morgan fingerprint density at radius 1 is 1.06 bits per heavy atom. The predicted octanol–water partition coefficient (Wildman–Crippen LogP) is 3.77. The SMILES string of the molecule is CC(C)NC(=O)Cc1nn(-c2ccc(CCN3CCCCC3)cc2)c(=O)n1-c1cccc(Cl)c1. The van der Waals surface area contributed by atoms with Gasteiger partial charge in [0.25, 0.3) is 0 Å². The first kappa shape index (κ1) is 24.2. The van der Waals surface area contributed by atoms with Crippen LogP contribution in [0, 0.1) is 0 Å². The fraction of sp³-hybridized carbons (Fsp3) is 0.423. The molecular weight excluding hydrogens is 450 g/mol. The van der Waals surface area contributed by atoms with E-state index in [1.807, 2.05) is 26.0 Å². The fourth-order valence-corrected chi connectivity index (χ4v) is 4.54. The Morgan fingerprint density at radius 3 is 2.47 bits per heavy atom. The molecule has 4 rings (SSSR count). The van der Waals surface area contributed by atoms with Gasteiger partial charge < -0.3 is 10.2 Å². The van der Waals surface area contributed by atoms with Crippen molar-refractivity contribution >= 4 is 17.5 Å². The van der Waals surface area contributed by atoms with Gasteiger partial charge in [-0.2, -0.15) is 4.68 Å². The van der Waals surface area contributed by atoms with Crippen molar-refractivity contribution in [3.8, 4) is 11.4 Å². The molecule has 0 atom stereocenters.